The fraction of sp³-hybridized carbons (Fsp3) is 1.00. The predicted molar refractivity (Wildman–Crippen MR) is 68.7 cm³/mol. The Morgan fingerprint density at radius 1 is 1.25 bits per heavy atom. The number of likely N-dealkylation sites (N-methyl/N-ethyl adjacent to an activating group) is 1. The number of piperidine rings is 1. The lowest BCUT2D eigenvalue weighted by atomic mass is 10.1. The SMILES string of the molecule is CCN(CCCCCCO)C1CCCNC1. The van der Waals surface area contributed by atoms with E-state index in [2.05, 4.69) is 17.1 Å². The van der Waals surface area contributed by atoms with Gasteiger partial charge in [-0.05, 0) is 45.3 Å². The minimum Gasteiger partial charge on any atom is -0.396 e. The average molecular weight is 228 g/mol. The molecule has 0 spiro atoms. The van der Waals surface area contributed by atoms with Crippen LogP contribution in [0.3, 0.4) is 0 Å². The molecular formula is C13H28N2O. The molecule has 96 valence electrons. The van der Waals surface area contributed by atoms with Crippen molar-refractivity contribution in [1.29, 1.82) is 0 Å². The van der Waals surface area contributed by atoms with E-state index in [1.165, 1.54) is 58.3 Å². The number of unbranched alkanes of at least 4 members (excludes halogenated alkanes) is 3. The highest BCUT2D eigenvalue weighted by atomic mass is 16.2. The van der Waals surface area contributed by atoms with Crippen molar-refractivity contribution < 1.29 is 5.11 Å². The van der Waals surface area contributed by atoms with Crippen molar-refractivity contribution in [2.45, 2.75) is 51.5 Å². The van der Waals surface area contributed by atoms with Crippen LogP contribution in [0.5, 0.6) is 0 Å². The van der Waals surface area contributed by atoms with Crippen LogP contribution in [0.1, 0.15) is 45.4 Å². The van der Waals surface area contributed by atoms with Gasteiger partial charge in [0.05, 0.1) is 0 Å². The zero-order valence-corrected chi connectivity index (χ0v) is 10.7. The Balaban J connectivity index is 2.10. The number of nitrogens with zero attached hydrogens (tertiary/aromatic N) is 1. The maximum atomic E-state index is 8.71. The van der Waals surface area contributed by atoms with Gasteiger partial charge in [0.1, 0.15) is 0 Å². The number of aliphatic hydroxyl groups is 1. The molecule has 1 rings (SSSR count). The summed E-state index contributed by atoms with van der Waals surface area (Å²) in [7, 11) is 0. The number of rotatable bonds is 8. The molecule has 1 heterocycles. The van der Waals surface area contributed by atoms with Crippen LogP contribution in [0, 0.1) is 0 Å². The summed E-state index contributed by atoms with van der Waals surface area (Å²) in [6, 6.07) is 0.761. The van der Waals surface area contributed by atoms with Gasteiger partial charge in [0.15, 0.2) is 0 Å². The van der Waals surface area contributed by atoms with Crippen LogP contribution in [-0.4, -0.2) is 48.8 Å². The Kier molecular flexibility index (Phi) is 7.81. The average Bonchev–Trinajstić information content (AvgIpc) is 2.35. The van der Waals surface area contributed by atoms with E-state index < -0.39 is 0 Å². The predicted octanol–water partition coefficient (Wildman–Crippen LogP) is 1.61. The van der Waals surface area contributed by atoms with E-state index in [1.807, 2.05) is 0 Å². The molecule has 1 fully saturated rings. The summed E-state index contributed by atoms with van der Waals surface area (Å²) < 4.78 is 0. The fourth-order valence-corrected chi connectivity index (χ4v) is 2.52. The van der Waals surface area contributed by atoms with Gasteiger partial charge >= 0.3 is 0 Å². The summed E-state index contributed by atoms with van der Waals surface area (Å²) in [6.07, 6.45) is 7.37. The Hall–Kier alpha value is -0.120. The molecule has 0 amide bonds. The number of aliphatic hydroxyl groups excluding tert-OH is 1. The summed E-state index contributed by atoms with van der Waals surface area (Å²) in [4.78, 5) is 2.62. The van der Waals surface area contributed by atoms with Crippen LogP contribution in [0.25, 0.3) is 0 Å². The van der Waals surface area contributed by atoms with Crippen molar-refractivity contribution >= 4 is 0 Å². The zero-order valence-electron chi connectivity index (χ0n) is 10.7. The molecular weight excluding hydrogens is 200 g/mol. The first-order valence-corrected chi connectivity index (χ1v) is 6.94. The van der Waals surface area contributed by atoms with E-state index in [9.17, 15) is 0 Å². The third-order valence-corrected chi connectivity index (χ3v) is 3.55. The van der Waals surface area contributed by atoms with Gasteiger partial charge in [-0.25, -0.2) is 0 Å². The minimum atomic E-state index is 0.351. The standard InChI is InChI=1S/C13H28N2O/c1-2-15(10-5-3-4-6-11-16)13-8-7-9-14-12-13/h13-14,16H,2-12H2,1H3. The molecule has 3 nitrogen and oxygen atoms in total. The van der Waals surface area contributed by atoms with Gasteiger partial charge in [-0.1, -0.05) is 19.8 Å². The van der Waals surface area contributed by atoms with Gasteiger partial charge in [-0.3, -0.25) is 4.90 Å². The topological polar surface area (TPSA) is 35.5 Å². The van der Waals surface area contributed by atoms with Crippen LogP contribution in [0.4, 0.5) is 0 Å². The molecule has 0 aliphatic carbocycles. The second kappa shape index (κ2) is 8.97. The van der Waals surface area contributed by atoms with Gasteiger partial charge < -0.3 is 10.4 Å². The van der Waals surface area contributed by atoms with Crippen LogP contribution in [0.15, 0.2) is 0 Å². The summed E-state index contributed by atoms with van der Waals surface area (Å²) in [6.45, 7) is 7.39. The summed E-state index contributed by atoms with van der Waals surface area (Å²) >= 11 is 0. The summed E-state index contributed by atoms with van der Waals surface area (Å²) in [5.74, 6) is 0. The van der Waals surface area contributed by atoms with E-state index in [1.54, 1.807) is 0 Å². The molecule has 0 bridgehead atoms. The molecule has 0 saturated carbocycles. The molecule has 0 radical (unpaired) electrons. The highest BCUT2D eigenvalue weighted by Crippen LogP contribution is 2.11. The first-order valence-electron chi connectivity index (χ1n) is 6.94. The van der Waals surface area contributed by atoms with Crippen LogP contribution < -0.4 is 5.32 Å². The Bertz CT molecular complexity index is 158. The Morgan fingerprint density at radius 3 is 2.69 bits per heavy atom. The van der Waals surface area contributed by atoms with Gasteiger partial charge in [-0.2, -0.15) is 0 Å². The maximum absolute atomic E-state index is 8.71. The van der Waals surface area contributed by atoms with Gasteiger partial charge in [0.25, 0.3) is 0 Å². The van der Waals surface area contributed by atoms with Gasteiger partial charge in [-0.15, -0.1) is 0 Å². The second-order valence-corrected chi connectivity index (χ2v) is 4.77. The molecule has 16 heavy (non-hydrogen) atoms. The smallest absolute Gasteiger partial charge is 0.0431 e. The molecule has 0 aromatic carbocycles. The van der Waals surface area contributed by atoms with Crippen molar-refractivity contribution in [3.63, 3.8) is 0 Å². The molecule has 0 aromatic heterocycles. The number of nitrogens with one attached hydrogen (secondary N) is 1. The van der Waals surface area contributed by atoms with Crippen LogP contribution >= 0.6 is 0 Å². The van der Waals surface area contributed by atoms with Crippen molar-refractivity contribution in [3.8, 4) is 0 Å². The fourth-order valence-electron chi connectivity index (χ4n) is 2.52. The number of hydrogen-bond acceptors (Lipinski definition) is 3. The van der Waals surface area contributed by atoms with Crippen molar-refractivity contribution in [1.82, 2.24) is 10.2 Å². The lowest BCUT2D eigenvalue weighted by molar-refractivity contribution is 0.170. The second-order valence-electron chi connectivity index (χ2n) is 4.77. The normalized spacial score (nSPS) is 21.6. The minimum absolute atomic E-state index is 0.351. The summed E-state index contributed by atoms with van der Waals surface area (Å²) in [5.41, 5.74) is 0. The zero-order chi connectivity index (χ0) is 11.6. The third-order valence-electron chi connectivity index (χ3n) is 3.55. The quantitative estimate of drug-likeness (QED) is 0.620. The van der Waals surface area contributed by atoms with E-state index in [-0.39, 0.29) is 0 Å². The molecule has 1 unspecified atom stereocenters. The molecule has 1 saturated heterocycles. The molecule has 1 atom stereocenters. The molecule has 1 aliphatic rings. The Labute approximate surface area is 100 Å². The highest BCUT2D eigenvalue weighted by Gasteiger charge is 2.18. The first-order chi connectivity index (χ1) is 7.88. The highest BCUT2D eigenvalue weighted by molar-refractivity contribution is 4.77. The number of hydrogen-bond donors (Lipinski definition) is 2. The monoisotopic (exact) mass is 228 g/mol. The Morgan fingerprint density at radius 2 is 2.06 bits per heavy atom. The largest absolute Gasteiger partial charge is 0.396 e. The maximum Gasteiger partial charge on any atom is 0.0431 e. The van der Waals surface area contributed by atoms with E-state index in [4.69, 9.17) is 5.11 Å². The molecule has 1 aliphatic heterocycles. The van der Waals surface area contributed by atoms with E-state index in [0.717, 1.165) is 12.5 Å². The molecule has 3 heteroatoms. The van der Waals surface area contributed by atoms with Gasteiger partial charge in [0, 0.05) is 19.2 Å². The van der Waals surface area contributed by atoms with Crippen molar-refractivity contribution in [2.24, 2.45) is 0 Å². The van der Waals surface area contributed by atoms with Crippen LogP contribution in [0.2, 0.25) is 0 Å². The van der Waals surface area contributed by atoms with E-state index >= 15 is 0 Å². The van der Waals surface area contributed by atoms with Crippen LogP contribution in [-0.2, 0) is 0 Å². The molecule has 2 N–H and O–H groups in total. The third kappa shape index (κ3) is 5.28. The molecule has 0 aromatic rings. The lowest BCUT2D eigenvalue weighted by Gasteiger charge is -2.33. The first kappa shape index (κ1) is 13.9. The summed E-state index contributed by atoms with van der Waals surface area (Å²) in [5, 5.41) is 12.2. The van der Waals surface area contributed by atoms with Crippen molar-refractivity contribution in [2.75, 3.05) is 32.8 Å². The van der Waals surface area contributed by atoms with Crippen molar-refractivity contribution in [3.05, 3.63) is 0 Å². The lowest BCUT2D eigenvalue weighted by Crippen LogP contribution is -2.46. The van der Waals surface area contributed by atoms with E-state index in [0.29, 0.717) is 6.61 Å². The van der Waals surface area contributed by atoms with Gasteiger partial charge in [0.2, 0.25) is 0 Å².